The molecule has 1 unspecified atom stereocenters. The largest absolute Gasteiger partial charge is 0.328 e. The predicted octanol–water partition coefficient (Wildman–Crippen LogP) is 3.84. The molecule has 0 spiro atoms. The van der Waals surface area contributed by atoms with Crippen LogP contribution >= 0.6 is 11.6 Å². The highest BCUT2D eigenvalue weighted by Crippen LogP contribution is 2.49. The molecular formula is C15H19ClN2O. The number of carbonyl (C=O) groups excluding carboxylic acids is 1. The maximum Gasteiger partial charge on any atom is 0.221 e. The molecule has 0 bridgehead atoms. The lowest BCUT2D eigenvalue weighted by molar-refractivity contribution is -0.114. The first kappa shape index (κ1) is 13.9. The van der Waals surface area contributed by atoms with E-state index in [1.165, 1.54) is 6.92 Å². The molecule has 4 heteroatoms. The number of allylic oxidation sites excluding steroid dienone is 1. The van der Waals surface area contributed by atoms with E-state index >= 15 is 0 Å². The number of hydrogen-bond donors (Lipinski definition) is 1. The smallest absolute Gasteiger partial charge is 0.221 e. The fourth-order valence-corrected chi connectivity index (χ4v) is 2.76. The molecule has 1 amide bonds. The minimum Gasteiger partial charge on any atom is -0.328 e. The summed E-state index contributed by atoms with van der Waals surface area (Å²) in [5.41, 5.74) is 3.64. The maximum atomic E-state index is 11.2. The van der Waals surface area contributed by atoms with E-state index in [1.54, 1.807) is 0 Å². The van der Waals surface area contributed by atoms with E-state index in [0.29, 0.717) is 0 Å². The molecule has 1 heterocycles. The van der Waals surface area contributed by atoms with Crippen LogP contribution in [0.1, 0.15) is 33.3 Å². The molecule has 1 aliphatic heterocycles. The molecule has 1 aromatic carbocycles. The van der Waals surface area contributed by atoms with Gasteiger partial charge in [0.05, 0.1) is 0 Å². The minimum atomic E-state index is -0.188. The number of hydrogen-bond acceptors (Lipinski definition) is 2. The molecular weight excluding hydrogens is 260 g/mol. The lowest BCUT2D eigenvalue weighted by Crippen LogP contribution is -2.29. The molecule has 3 nitrogen and oxygen atoms in total. The van der Waals surface area contributed by atoms with Crippen LogP contribution in [0.15, 0.2) is 30.5 Å². The molecule has 0 radical (unpaired) electrons. The molecule has 0 fully saturated rings. The Labute approximate surface area is 119 Å². The van der Waals surface area contributed by atoms with Crippen LogP contribution < -0.4 is 10.2 Å². The van der Waals surface area contributed by atoms with E-state index in [0.717, 1.165) is 22.6 Å². The first-order valence-electron chi connectivity index (χ1n) is 6.30. The normalized spacial score (nSPS) is 18.2. The number of fused-ring (bicyclic) bond motifs is 1. The number of halogens is 1. The second kappa shape index (κ2) is 4.57. The third-order valence-electron chi connectivity index (χ3n) is 3.62. The van der Waals surface area contributed by atoms with Gasteiger partial charge in [0, 0.05) is 29.4 Å². The zero-order valence-corrected chi connectivity index (χ0v) is 12.5. The van der Waals surface area contributed by atoms with E-state index in [-0.39, 0.29) is 16.8 Å². The summed E-state index contributed by atoms with van der Waals surface area (Å²) >= 11 is 6.25. The van der Waals surface area contributed by atoms with E-state index in [4.69, 9.17) is 11.6 Å². The molecule has 1 atom stereocenters. The van der Waals surface area contributed by atoms with Gasteiger partial charge in [-0.3, -0.25) is 4.79 Å². The van der Waals surface area contributed by atoms with Gasteiger partial charge in [0.2, 0.25) is 5.91 Å². The summed E-state index contributed by atoms with van der Waals surface area (Å²) in [7, 11) is 0. The Morgan fingerprint density at radius 1 is 1.47 bits per heavy atom. The van der Waals surface area contributed by atoms with E-state index in [1.807, 2.05) is 30.0 Å². The molecule has 1 aromatic rings. The fourth-order valence-electron chi connectivity index (χ4n) is 2.54. The van der Waals surface area contributed by atoms with Gasteiger partial charge in [0.25, 0.3) is 0 Å². The van der Waals surface area contributed by atoms with Crippen molar-refractivity contribution in [3.63, 3.8) is 0 Å². The van der Waals surface area contributed by atoms with Crippen LogP contribution in [0.2, 0.25) is 0 Å². The molecule has 0 saturated heterocycles. The SMILES string of the molecule is C=C1N(C(C)Cl)c2ccc(NC(C)=O)cc2C1(C)C. The highest BCUT2D eigenvalue weighted by Gasteiger charge is 2.40. The minimum absolute atomic E-state index is 0.0721. The van der Waals surface area contributed by atoms with Gasteiger partial charge < -0.3 is 10.2 Å². The van der Waals surface area contributed by atoms with Crippen molar-refractivity contribution < 1.29 is 4.79 Å². The lowest BCUT2D eigenvalue weighted by atomic mass is 9.84. The van der Waals surface area contributed by atoms with Crippen molar-refractivity contribution >= 4 is 28.9 Å². The topological polar surface area (TPSA) is 32.3 Å². The second-order valence-corrected chi connectivity index (χ2v) is 6.06. The standard InChI is InChI=1S/C15H19ClN2O/c1-9-15(4,5)13-8-12(17-11(3)19)6-7-14(13)18(9)10(2)16/h6-8,10H,1H2,2-5H3,(H,17,19). The fraction of sp³-hybridized carbons (Fsp3) is 0.400. The Bertz CT molecular complexity index is 549. The van der Waals surface area contributed by atoms with Crippen LogP contribution in [0, 0.1) is 0 Å². The Morgan fingerprint density at radius 2 is 2.11 bits per heavy atom. The van der Waals surface area contributed by atoms with Crippen molar-refractivity contribution in [1.29, 1.82) is 0 Å². The van der Waals surface area contributed by atoms with Gasteiger partial charge in [-0.05, 0) is 30.7 Å². The van der Waals surface area contributed by atoms with Crippen LogP contribution in [0.5, 0.6) is 0 Å². The summed E-state index contributed by atoms with van der Waals surface area (Å²) < 4.78 is 0. The first-order chi connectivity index (χ1) is 8.75. The van der Waals surface area contributed by atoms with Crippen LogP contribution in [0.25, 0.3) is 0 Å². The molecule has 1 aliphatic rings. The summed E-state index contributed by atoms with van der Waals surface area (Å²) in [6.45, 7) is 11.8. The molecule has 2 rings (SSSR count). The van der Waals surface area contributed by atoms with E-state index in [9.17, 15) is 4.79 Å². The monoisotopic (exact) mass is 278 g/mol. The van der Waals surface area contributed by atoms with Crippen LogP contribution in [0.4, 0.5) is 11.4 Å². The summed E-state index contributed by atoms with van der Waals surface area (Å²) in [6, 6.07) is 5.88. The average Bonchev–Trinajstić information content (AvgIpc) is 2.47. The highest BCUT2D eigenvalue weighted by atomic mass is 35.5. The highest BCUT2D eigenvalue weighted by molar-refractivity contribution is 6.22. The predicted molar refractivity (Wildman–Crippen MR) is 80.7 cm³/mol. The Kier molecular flexibility index (Phi) is 3.35. The molecule has 0 aromatic heterocycles. The summed E-state index contributed by atoms with van der Waals surface area (Å²) in [5, 5.41) is 2.81. The lowest BCUT2D eigenvalue weighted by Gasteiger charge is -2.27. The van der Waals surface area contributed by atoms with Crippen molar-refractivity contribution in [2.45, 2.75) is 38.6 Å². The van der Waals surface area contributed by atoms with Crippen LogP contribution in [0.3, 0.4) is 0 Å². The van der Waals surface area contributed by atoms with Gasteiger partial charge in [-0.15, -0.1) is 0 Å². The third-order valence-corrected chi connectivity index (χ3v) is 3.81. The molecule has 0 saturated carbocycles. The van der Waals surface area contributed by atoms with Crippen LogP contribution in [-0.2, 0) is 10.2 Å². The van der Waals surface area contributed by atoms with Crippen molar-refractivity contribution in [1.82, 2.24) is 0 Å². The zero-order chi connectivity index (χ0) is 14.4. The van der Waals surface area contributed by atoms with Crippen molar-refractivity contribution in [3.05, 3.63) is 36.0 Å². The van der Waals surface area contributed by atoms with Crippen molar-refractivity contribution in [2.75, 3.05) is 10.2 Å². The van der Waals surface area contributed by atoms with Gasteiger partial charge in [0.1, 0.15) is 5.50 Å². The van der Waals surface area contributed by atoms with Crippen LogP contribution in [-0.4, -0.2) is 11.4 Å². The molecule has 1 N–H and O–H groups in total. The quantitative estimate of drug-likeness (QED) is 0.658. The number of alkyl halides is 1. The number of carbonyl (C=O) groups is 1. The summed E-state index contributed by atoms with van der Waals surface area (Å²) in [4.78, 5) is 13.2. The Balaban J connectivity index is 2.53. The third kappa shape index (κ3) is 2.23. The maximum absolute atomic E-state index is 11.2. The summed E-state index contributed by atoms with van der Waals surface area (Å²) in [6.07, 6.45) is 0. The Hall–Kier alpha value is -1.48. The molecule has 19 heavy (non-hydrogen) atoms. The van der Waals surface area contributed by atoms with Gasteiger partial charge >= 0.3 is 0 Å². The van der Waals surface area contributed by atoms with E-state index < -0.39 is 0 Å². The number of rotatable bonds is 2. The number of nitrogens with zero attached hydrogens (tertiary/aromatic N) is 1. The van der Waals surface area contributed by atoms with E-state index in [2.05, 4.69) is 25.7 Å². The number of nitrogens with one attached hydrogen (secondary N) is 1. The van der Waals surface area contributed by atoms with Gasteiger partial charge in [0.15, 0.2) is 0 Å². The van der Waals surface area contributed by atoms with Gasteiger partial charge in [-0.25, -0.2) is 0 Å². The Morgan fingerprint density at radius 3 is 2.63 bits per heavy atom. The molecule has 0 aliphatic carbocycles. The van der Waals surface area contributed by atoms with Gasteiger partial charge in [-0.1, -0.05) is 32.0 Å². The van der Waals surface area contributed by atoms with Crippen molar-refractivity contribution in [3.8, 4) is 0 Å². The second-order valence-electron chi connectivity index (χ2n) is 5.43. The zero-order valence-electron chi connectivity index (χ0n) is 11.7. The molecule has 102 valence electrons. The van der Waals surface area contributed by atoms with Crippen molar-refractivity contribution in [2.24, 2.45) is 0 Å². The first-order valence-corrected chi connectivity index (χ1v) is 6.73. The number of anilines is 2. The average molecular weight is 279 g/mol. The number of amides is 1. The summed E-state index contributed by atoms with van der Waals surface area (Å²) in [5.74, 6) is -0.0721. The number of benzene rings is 1. The van der Waals surface area contributed by atoms with Gasteiger partial charge in [-0.2, -0.15) is 0 Å².